The molecular formula is C19H20ClF3N4O. The van der Waals surface area contributed by atoms with Gasteiger partial charge in [0.1, 0.15) is 0 Å². The molecule has 28 heavy (non-hydrogen) atoms. The number of carbonyl (C=O) groups is 1. The van der Waals surface area contributed by atoms with Crippen LogP contribution in [0.2, 0.25) is 0 Å². The minimum Gasteiger partial charge on any atom is -0.327 e. The van der Waals surface area contributed by atoms with E-state index in [4.69, 9.17) is 5.73 Å². The molecular weight excluding hydrogens is 393 g/mol. The van der Waals surface area contributed by atoms with E-state index in [-0.39, 0.29) is 43.3 Å². The van der Waals surface area contributed by atoms with Gasteiger partial charge in [-0.05, 0) is 36.8 Å². The predicted molar refractivity (Wildman–Crippen MR) is 104 cm³/mol. The number of halogens is 4. The van der Waals surface area contributed by atoms with Crippen molar-refractivity contribution in [2.45, 2.75) is 32.1 Å². The minimum absolute atomic E-state index is 0. The maximum absolute atomic E-state index is 13.0. The van der Waals surface area contributed by atoms with E-state index in [0.29, 0.717) is 16.6 Å². The third kappa shape index (κ3) is 5.02. The number of carbonyl (C=O) groups excluding carboxylic acids is 1. The number of amides is 1. The highest BCUT2D eigenvalue weighted by atomic mass is 35.5. The van der Waals surface area contributed by atoms with E-state index in [1.807, 2.05) is 0 Å². The lowest BCUT2D eigenvalue weighted by Gasteiger charge is -2.13. The Bertz CT molecular complexity index is 969. The second-order valence-electron chi connectivity index (χ2n) is 6.44. The SMILES string of the molecule is CC(N)CC(=O)Nc1nc2ccccc2n1Cc1cccc(C(F)(F)F)c1.Cl. The van der Waals surface area contributed by atoms with Crippen LogP contribution in [0.25, 0.3) is 11.0 Å². The van der Waals surface area contributed by atoms with Crippen molar-refractivity contribution in [3.05, 3.63) is 59.7 Å². The highest BCUT2D eigenvalue weighted by Crippen LogP contribution is 2.30. The number of nitrogens with two attached hydrogens (primary N) is 1. The monoisotopic (exact) mass is 412 g/mol. The quantitative estimate of drug-likeness (QED) is 0.659. The number of hydrogen-bond donors (Lipinski definition) is 2. The van der Waals surface area contributed by atoms with Crippen LogP contribution in [0.1, 0.15) is 24.5 Å². The molecule has 1 heterocycles. The number of fused-ring (bicyclic) bond motifs is 1. The van der Waals surface area contributed by atoms with Gasteiger partial charge in [0.25, 0.3) is 0 Å². The zero-order chi connectivity index (χ0) is 19.6. The minimum atomic E-state index is -4.42. The van der Waals surface area contributed by atoms with Crippen molar-refractivity contribution in [2.75, 3.05) is 5.32 Å². The maximum Gasteiger partial charge on any atom is 0.416 e. The van der Waals surface area contributed by atoms with Crippen molar-refractivity contribution in [2.24, 2.45) is 5.73 Å². The molecule has 0 aliphatic heterocycles. The molecule has 0 bridgehead atoms. The van der Waals surface area contributed by atoms with Crippen LogP contribution in [0.4, 0.5) is 19.1 Å². The Balaban J connectivity index is 0.00000280. The van der Waals surface area contributed by atoms with Crippen LogP contribution in [0.3, 0.4) is 0 Å². The Morgan fingerprint density at radius 1 is 1.21 bits per heavy atom. The fourth-order valence-corrected chi connectivity index (χ4v) is 2.83. The Kier molecular flexibility index (Phi) is 6.69. The van der Waals surface area contributed by atoms with Crippen molar-refractivity contribution in [3.8, 4) is 0 Å². The first-order chi connectivity index (χ1) is 12.7. The van der Waals surface area contributed by atoms with Crippen LogP contribution >= 0.6 is 12.4 Å². The first-order valence-corrected chi connectivity index (χ1v) is 8.41. The Labute approximate surface area is 166 Å². The number of nitrogens with zero attached hydrogens (tertiary/aromatic N) is 2. The number of nitrogens with one attached hydrogen (secondary N) is 1. The van der Waals surface area contributed by atoms with Crippen molar-refractivity contribution >= 4 is 35.3 Å². The highest BCUT2D eigenvalue weighted by Gasteiger charge is 2.30. The second-order valence-corrected chi connectivity index (χ2v) is 6.44. The Morgan fingerprint density at radius 3 is 2.61 bits per heavy atom. The summed E-state index contributed by atoms with van der Waals surface area (Å²) in [4.78, 5) is 16.5. The summed E-state index contributed by atoms with van der Waals surface area (Å²) in [5.41, 5.74) is 6.74. The van der Waals surface area contributed by atoms with Gasteiger partial charge in [0.2, 0.25) is 11.9 Å². The van der Waals surface area contributed by atoms with Gasteiger partial charge in [0, 0.05) is 12.5 Å². The summed E-state index contributed by atoms with van der Waals surface area (Å²) in [5, 5.41) is 2.71. The molecule has 2 aromatic carbocycles. The topological polar surface area (TPSA) is 72.9 Å². The van der Waals surface area contributed by atoms with E-state index in [2.05, 4.69) is 10.3 Å². The number of alkyl halides is 3. The van der Waals surface area contributed by atoms with Gasteiger partial charge >= 0.3 is 6.18 Å². The third-order valence-electron chi connectivity index (χ3n) is 4.01. The van der Waals surface area contributed by atoms with Crippen LogP contribution in [0, 0.1) is 0 Å². The van der Waals surface area contributed by atoms with Gasteiger partial charge in [-0.3, -0.25) is 10.1 Å². The smallest absolute Gasteiger partial charge is 0.327 e. The second kappa shape index (κ2) is 8.62. The van der Waals surface area contributed by atoms with Gasteiger partial charge in [-0.1, -0.05) is 24.3 Å². The molecule has 0 spiro atoms. The number of imidazole rings is 1. The largest absolute Gasteiger partial charge is 0.416 e. The molecule has 0 aliphatic rings. The standard InChI is InChI=1S/C19H19F3N4O.ClH/c1-12(23)9-17(27)25-18-24-15-7-2-3-8-16(15)26(18)11-13-5-4-6-14(10-13)19(20,21)22;/h2-8,10,12H,9,11,23H2,1H3,(H,24,25,27);1H. The summed E-state index contributed by atoms with van der Waals surface area (Å²) in [6.45, 7) is 1.85. The van der Waals surface area contributed by atoms with Crippen LogP contribution in [0.15, 0.2) is 48.5 Å². The average Bonchev–Trinajstić information content (AvgIpc) is 2.91. The lowest BCUT2D eigenvalue weighted by Crippen LogP contribution is -2.25. The zero-order valence-electron chi connectivity index (χ0n) is 15.0. The number of benzene rings is 2. The summed E-state index contributed by atoms with van der Waals surface area (Å²) < 4.78 is 40.6. The summed E-state index contributed by atoms with van der Waals surface area (Å²) in [6, 6.07) is 12.0. The lowest BCUT2D eigenvalue weighted by molar-refractivity contribution is -0.137. The van der Waals surface area contributed by atoms with E-state index >= 15 is 0 Å². The van der Waals surface area contributed by atoms with Crippen LogP contribution in [0.5, 0.6) is 0 Å². The Morgan fingerprint density at radius 2 is 1.93 bits per heavy atom. The molecule has 0 fully saturated rings. The van der Waals surface area contributed by atoms with Gasteiger partial charge in [-0.15, -0.1) is 12.4 Å². The molecule has 3 rings (SSSR count). The van der Waals surface area contributed by atoms with Crippen LogP contribution in [-0.4, -0.2) is 21.5 Å². The first-order valence-electron chi connectivity index (χ1n) is 8.41. The predicted octanol–water partition coefficient (Wildman–Crippen LogP) is 4.20. The highest BCUT2D eigenvalue weighted by molar-refractivity contribution is 5.91. The summed E-state index contributed by atoms with van der Waals surface area (Å²) in [5.74, 6) is -0.0233. The van der Waals surface area contributed by atoms with Crippen molar-refractivity contribution in [1.29, 1.82) is 0 Å². The maximum atomic E-state index is 13.0. The van der Waals surface area contributed by atoms with Gasteiger partial charge in [-0.25, -0.2) is 4.98 Å². The molecule has 0 aliphatic carbocycles. The molecule has 1 amide bonds. The zero-order valence-corrected chi connectivity index (χ0v) is 15.8. The van der Waals surface area contributed by atoms with Crippen molar-refractivity contribution < 1.29 is 18.0 Å². The van der Waals surface area contributed by atoms with E-state index in [1.54, 1.807) is 41.8 Å². The molecule has 3 N–H and O–H groups in total. The van der Waals surface area contributed by atoms with Gasteiger partial charge < -0.3 is 10.3 Å². The lowest BCUT2D eigenvalue weighted by atomic mass is 10.1. The fraction of sp³-hybridized carbons (Fsp3) is 0.263. The Hall–Kier alpha value is -2.58. The molecule has 150 valence electrons. The molecule has 0 radical (unpaired) electrons. The molecule has 1 aromatic heterocycles. The number of anilines is 1. The van der Waals surface area contributed by atoms with Gasteiger partial charge in [0.15, 0.2) is 0 Å². The van der Waals surface area contributed by atoms with Crippen LogP contribution in [-0.2, 0) is 17.5 Å². The molecule has 1 unspecified atom stereocenters. The van der Waals surface area contributed by atoms with Gasteiger partial charge in [-0.2, -0.15) is 13.2 Å². The summed E-state index contributed by atoms with van der Waals surface area (Å²) in [7, 11) is 0. The van der Waals surface area contributed by atoms with Crippen molar-refractivity contribution in [3.63, 3.8) is 0 Å². The van der Waals surface area contributed by atoms with E-state index < -0.39 is 11.7 Å². The van der Waals surface area contributed by atoms with E-state index in [0.717, 1.165) is 12.1 Å². The number of hydrogen-bond acceptors (Lipinski definition) is 3. The van der Waals surface area contributed by atoms with E-state index in [1.165, 1.54) is 6.07 Å². The third-order valence-corrected chi connectivity index (χ3v) is 4.01. The van der Waals surface area contributed by atoms with Gasteiger partial charge in [0.05, 0.1) is 23.1 Å². The summed E-state index contributed by atoms with van der Waals surface area (Å²) in [6.07, 6.45) is -4.30. The molecule has 9 heteroatoms. The molecule has 0 saturated carbocycles. The molecule has 0 saturated heterocycles. The number of aromatic nitrogens is 2. The van der Waals surface area contributed by atoms with Crippen molar-refractivity contribution in [1.82, 2.24) is 9.55 Å². The number of rotatable bonds is 5. The normalized spacial score (nSPS) is 12.5. The fourth-order valence-electron chi connectivity index (χ4n) is 2.83. The van der Waals surface area contributed by atoms with Crippen LogP contribution < -0.4 is 11.1 Å². The molecule has 5 nitrogen and oxygen atoms in total. The first kappa shape index (κ1) is 21.7. The molecule has 3 aromatic rings. The summed E-state index contributed by atoms with van der Waals surface area (Å²) >= 11 is 0. The van der Waals surface area contributed by atoms with E-state index in [9.17, 15) is 18.0 Å². The number of para-hydroxylation sites is 2. The molecule has 1 atom stereocenters. The average molecular weight is 413 g/mol.